The topological polar surface area (TPSA) is 63.1 Å². The molecule has 1 atom stereocenters. The lowest BCUT2D eigenvalue weighted by molar-refractivity contribution is 0.0976. The van der Waals surface area contributed by atoms with Gasteiger partial charge in [0.2, 0.25) is 0 Å². The largest absolute Gasteiger partial charge is 0.317 e. The van der Waals surface area contributed by atoms with Crippen LogP contribution in [-0.2, 0) is 6.42 Å². The van der Waals surface area contributed by atoms with E-state index < -0.39 is 0 Å². The van der Waals surface area contributed by atoms with Crippen LogP contribution >= 0.6 is 0 Å². The van der Waals surface area contributed by atoms with Gasteiger partial charge in [-0.3, -0.25) is 4.79 Å². The van der Waals surface area contributed by atoms with Crippen LogP contribution in [0.1, 0.15) is 41.9 Å². The molecule has 1 amide bonds. The summed E-state index contributed by atoms with van der Waals surface area (Å²) in [6.45, 7) is 4.90. The summed E-state index contributed by atoms with van der Waals surface area (Å²) in [6.07, 6.45) is 4.89. The zero-order valence-electron chi connectivity index (χ0n) is 14.0. The number of hydrogen-bond acceptors (Lipinski definition) is 4. The highest BCUT2D eigenvalue weighted by Gasteiger charge is 2.29. The molecule has 0 radical (unpaired) electrons. The summed E-state index contributed by atoms with van der Waals surface area (Å²) in [7, 11) is 0. The summed E-state index contributed by atoms with van der Waals surface area (Å²) in [5.41, 5.74) is 2.68. The monoisotopic (exact) mass is 325 g/mol. The second-order valence-corrected chi connectivity index (χ2v) is 6.92. The summed E-state index contributed by atoms with van der Waals surface area (Å²) in [4.78, 5) is 14.9. The molecule has 0 spiro atoms. The van der Waals surface area contributed by atoms with Gasteiger partial charge in [0, 0.05) is 12.2 Å². The highest BCUT2D eigenvalue weighted by molar-refractivity contribution is 6.05. The molecule has 2 aromatic rings. The van der Waals surface area contributed by atoms with Gasteiger partial charge in [0.25, 0.3) is 5.91 Å². The Morgan fingerprint density at radius 1 is 1.25 bits per heavy atom. The smallest absolute Gasteiger partial charge is 0.280 e. The van der Waals surface area contributed by atoms with E-state index in [0.29, 0.717) is 17.7 Å². The fraction of sp³-hybridized carbons (Fsp3) is 0.500. The number of anilines is 1. The third-order valence-electron chi connectivity index (χ3n) is 5.00. The van der Waals surface area contributed by atoms with Crippen LogP contribution in [0.3, 0.4) is 0 Å². The summed E-state index contributed by atoms with van der Waals surface area (Å²) >= 11 is 0. The van der Waals surface area contributed by atoms with E-state index in [9.17, 15) is 4.79 Å². The van der Waals surface area contributed by atoms with Gasteiger partial charge in [0.05, 0.1) is 12.2 Å². The molecule has 2 aliphatic heterocycles. The van der Waals surface area contributed by atoms with Crippen LogP contribution in [0.2, 0.25) is 0 Å². The van der Waals surface area contributed by atoms with E-state index >= 15 is 0 Å². The maximum atomic E-state index is 13.0. The van der Waals surface area contributed by atoms with Crippen LogP contribution in [0.5, 0.6) is 0 Å². The van der Waals surface area contributed by atoms with Gasteiger partial charge in [0.15, 0.2) is 5.69 Å². The lowest BCUT2D eigenvalue weighted by Crippen LogP contribution is -2.39. The van der Waals surface area contributed by atoms with E-state index in [4.69, 9.17) is 0 Å². The number of rotatable bonds is 2. The van der Waals surface area contributed by atoms with Crippen LogP contribution < -0.4 is 10.2 Å². The van der Waals surface area contributed by atoms with Gasteiger partial charge in [-0.2, -0.15) is 0 Å². The molecule has 1 aromatic heterocycles. The molecule has 24 heavy (non-hydrogen) atoms. The molecule has 1 fully saturated rings. The molecule has 1 saturated heterocycles. The van der Waals surface area contributed by atoms with Crippen LogP contribution in [0.15, 0.2) is 30.5 Å². The van der Waals surface area contributed by atoms with E-state index in [-0.39, 0.29) is 5.91 Å². The van der Waals surface area contributed by atoms with Gasteiger partial charge in [-0.25, -0.2) is 4.68 Å². The Labute approximate surface area is 141 Å². The van der Waals surface area contributed by atoms with Crippen molar-refractivity contribution < 1.29 is 4.79 Å². The molecule has 0 saturated carbocycles. The third-order valence-corrected chi connectivity index (χ3v) is 5.00. The van der Waals surface area contributed by atoms with Crippen LogP contribution in [0.25, 0.3) is 0 Å². The first-order valence-electron chi connectivity index (χ1n) is 8.74. The Morgan fingerprint density at radius 2 is 2.04 bits per heavy atom. The fourth-order valence-electron chi connectivity index (χ4n) is 3.75. The average molecular weight is 325 g/mol. The van der Waals surface area contributed by atoms with Gasteiger partial charge in [-0.05, 0) is 49.9 Å². The SMILES string of the molecule is C[C@H]1Cc2ccccc2N(C(=O)c2cn(C3CCNCC3)nn2)C1. The van der Waals surface area contributed by atoms with Crippen LogP contribution in [0, 0.1) is 5.92 Å². The maximum absolute atomic E-state index is 13.0. The summed E-state index contributed by atoms with van der Waals surface area (Å²) in [5.74, 6) is 0.400. The molecule has 6 nitrogen and oxygen atoms in total. The lowest BCUT2D eigenvalue weighted by Gasteiger charge is -2.32. The van der Waals surface area contributed by atoms with Crippen LogP contribution in [-0.4, -0.2) is 40.5 Å². The first-order valence-corrected chi connectivity index (χ1v) is 8.74. The highest BCUT2D eigenvalue weighted by atomic mass is 16.2. The average Bonchev–Trinajstić information content (AvgIpc) is 3.11. The molecule has 1 N–H and O–H groups in total. The molecular formula is C18H23N5O. The minimum atomic E-state index is -0.0471. The Balaban J connectivity index is 1.59. The summed E-state index contributed by atoms with van der Waals surface area (Å²) < 4.78 is 1.87. The Kier molecular flexibility index (Phi) is 4.06. The zero-order chi connectivity index (χ0) is 16.5. The third kappa shape index (κ3) is 2.82. The summed E-state index contributed by atoms with van der Waals surface area (Å²) in [6, 6.07) is 8.49. The molecule has 3 heterocycles. The van der Waals surface area contributed by atoms with Gasteiger partial charge in [-0.1, -0.05) is 30.3 Å². The van der Waals surface area contributed by atoms with Crippen molar-refractivity contribution in [3.8, 4) is 0 Å². The van der Waals surface area contributed by atoms with Gasteiger partial charge in [0.1, 0.15) is 0 Å². The molecule has 126 valence electrons. The highest BCUT2D eigenvalue weighted by Crippen LogP contribution is 2.30. The van der Waals surface area contributed by atoms with Crippen molar-refractivity contribution in [2.24, 2.45) is 5.92 Å². The Hall–Kier alpha value is -2.21. The van der Waals surface area contributed by atoms with E-state index in [1.54, 1.807) is 0 Å². The second kappa shape index (κ2) is 6.36. The van der Waals surface area contributed by atoms with Gasteiger partial charge in [-0.15, -0.1) is 5.10 Å². The molecule has 4 rings (SSSR count). The van der Waals surface area contributed by atoms with E-state index in [2.05, 4.69) is 28.6 Å². The maximum Gasteiger partial charge on any atom is 0.280 e. The zero-order valence-corrected chi connectivity index (χ0v) is 14.0. The van der Waals surface area contributed by atoms with Crippen molar-refractivity contribution >= 4 is 11.6 Å². The molecule has 1 aromatic carbocycles. The fourth-order valence-corrected chi connectivity index (χ4v) is 3.75. The number of carbonyl (C=O) groups is 1. The molecular weight excluding hydrogens is 302 g/mol. The number of hydrogen-bond donors (Lipinski definition) is 1. The number of amides is 1. The predicted molar refractivity (Wildman–Crippen MR) is 92.1 cm³/mol. The van der Waals surface area contributed by atoms with E-state index in [1.165, 1.54) is 5.56 Å². The van der Waals surface area contributed by atoms with Crippen molar-refractivity contribution in [1.82, 2.24) is 20.3 Å². The number of nitrogens with zero attached hydrogens (tertiary/aromatic N) is 4. The minimum absolute atomic E-state index is 0.0471. The predicted octanol–water partition coefficient (Wildman–Crippen LogP) is 2.04. The number of nitrogens with one attached hydrogen (secondary N) is 1. The van der Waals surface area contributed by atoms with Crippen molar-refractivity contribution in [2.75, 3.05) is 24.5 Å². The second-order valence-electron chi connectivity index (χ2n) is 6.92. The van der Waals surface area contributed by atoms with Crippen molar-refractivity contribution in [2.45, 2.75) is 32.2 Å². The van der Waals surface area contributed by atoms with Gasteiger partial charge < -0.3 is 10.2 Å². The molecule has 6 heteroatoms. The number of para-hydroxylation sites is 1. The number of benzene rings is 1. The standard InChI is InChI=1S/C18H23N5O/c1-13-10-14-4-2-3-5-17(14)22(11-13)18(24)16-12-23(21-20-16)15-6-8-19-9-7-15/h2-5,12-13,15,19H,6-11H2,1H3/t13-/m0/s1. The first-order chi connectivity index (χ1) is 11.7. The number of piperidine rings is 1. The lowest BCUT2D eigenvalue weighted by atomic mass is 9.94. The number of aromatic nitrogens is 3. The molecule has 0 aliphatic carbocycles. The van der Waals surface area contributed by atoms with Gasteiger partial charge >= 0.3 is 0 Å². The minimum Gasteiger partial charge on any atom is -0.317 e. The molecule has 0 unspecified atom stereocenters. The first kappa shape index (κ1) is 15.3. The Bertz CT molecular complexity index is 735. The number of carbonyl (C=O) groups excluding carboxylic acids is 1. The van der Waals surface area contributed by atoms with E-state index in [1.807, 2.05) is 34.0 Å². The molecule has 2 aliphatic rings. The quantitative estimate of drug-likeness (QED) is 0.918. The van der Waals surface area contributed by atoms with E-state index in [0.717, 1.165) is 44.6 Å². The number of fused-ring (bicyclic) bond motifs is 1. The van der Waals surface area contributed by atoms with Crippen molar-refractivity contribution in [3.63, 3.8) is 0 Å². The Morgan fingerprint density at radius 3 is 2.88 bits per heavy atom. The normalized spacial score (nSPS) is 21.5. The summed E-state index contributed by atoms with van der Waals surface area (Å²) in [5, 5.41) is 11.7. The van der Waals surface area contributed by atoms with Crippen LogP contribution in [0.4, 0.5) is 5.69 Å². The van der Waals surface area contributed by atoms with Crippen molar-refractivity contribution in [1.29, 1.82) is 0 Å². The van der Waals surface area contributed by atoms with Crippen molar-refractivity contribution in [3.05, 3.63) is 41.7 Å². The molecule has 0 bridgehead atoms.